The smallest absolute Gasteiger partial charge is 0.326 e. The lowest BCUT2D eigenvalue weighted by Crippen LogP contribution is -2.69. The Balaban J connectivity index is 2.32. The Morgan fingerprint density at radius 1 is 0.529 bits per heavy atom. The molecule has 0 radical (unpaired) electrons. The van der Waals surface area contributed by atoms with Crippen molar-refractivity contribution in [2.45, 2.75) is 225 Å². The number of aliphatic hydroxyl groups is 1. The van der Waals surface area contributed by atoms with Crippen LogP contribution in [0.5, 0.6) is 0 Å². The molecular weight excluding hydrogens is 1150 g/mol. The van der Waals surface area contributed by atoms with Gasteiger partial charge < -0.3 is 91.2 Å². The zero-order valence-electron chi connectivity index (χ0n) is 52.9. The summed E-state index contributed by atoms with van der Waals surface area (Å²) in [7, 11) is 0. The highest BCUT2D eigenvalue weighted by molar-refractivity contribution is 7.98. The van der Waals surface area contributed by atoms with Crippen LogP contribution < -0.4 is 81.8 Å². The molecule has 2 saturated heterocycles. The molecular formula is C56H106N17O13S+. The van der Waals surface area contributed by atoms with Gasteiger partial charge in [0.15, 0.2) is 6.04 Å². The van der Waals surface area contributed by atoms with Crippen molar-refractivity contribution < 1.29 is 68.7 Å². The molecule has 0 aromatic carbocycles. The SMILES string of the molecule is CC[C@H](NC(=O)[C@@H](NC(=O)[C@@H]1CCCN1C(=O)[C@H](CCCNC(N)N)NC(=O)[C@@H]([NH3+])CC(C)C)C(C)C)C(=O)N[C@@H](CCSC)C(=O)N[C@H](C(=O)N[C@@H](CCCNC(N)N)C(=O)N1CCC[C@H]1C(=O)N[C@H](C(=O)N[C@H](C(=O)O)C(C)C)[C@@H](C)O)C(C)C. The number of carbonyl (C=O) groups is 11. The van der Waals surface area contributed by atoms with Crippen LogP contribution >= 0.6 is 11.8 Å². The van der Waals surface area contributed by atoms with E-state index in [1.807, 2.05) is 13.8 Å². The first-order valence-corrected chi connectivity index (χ1v) is 31.9. The number of aliphatic carboxylic acids is 1. The molecule has 2 aliphatic rings. The van der Waals surface area contributed by atoms with Gasteiger partial charge in [0.05, 0.1) is 6.10 Å². The summed E-state index contributed by atoms with van der Waals surface area (Å²) in [5, 5.41) is 47.4. The molecule has 30 nitrogen and oxygen atoms in total. The van der Waals surface area contributed by atoms with E-state index in [4.69, 9.17) is 22.9 Å². The highest BCUT2D eigenvalue weighted by Gasteiger charge is 2.43. The average Bonchev–Trinajstić information content (AvgIpc) is 2.32. The lowest BCUT2D eigenvalue weighted by molar-refractivity contribution is -0.406. The van der Waals surface area contributed by atoms with Gasteiger partial charge in [-0.15, -0.1) is 0 Å². The van der Waals surface area contributed by atoms with E-state index in [2.05, 4.69) is 58.9 Å². The first kappa shape index (κ1) is 77.3. The van der Waals surface area contributed by atoms with E-state index in [0.717, 1.165) is 0 Å². The van der Waals surface area contributed by atoms with E-state index in [1.54, 1.807) is 54.7 Å². The van der Waals surface area contributed by atoms with Gasteiger partial charge in [-0.25, -0.2) is 4.79 Å². The van der Waals surface area contributed by atoms with Crippen molar-refractivity contribution in [1.29, 1.82) is 0 Å². The van der Waals surface area contributed by atoms with Crippen LogP contribution in [-0.2, 0) is 52.7 Å². The normalized spacial score (nSPS) is 18.7. The number of carbonyl (C=O) groups excluding carboxylic acids is 10. The largest absolute Gasteiger partial charge is 0.480 e. The number of likely N-dealkylation sites (tertiary alicyclic amines) is 2. The summed E-state index contributed by atoms with van der Waals surface area (Å²) < 4.78 is 0. The molecule has 0 saturated carbocycles. The summed E-state index contributed by atoms with van der Waals surface area (Å²) in [4.78, 5) is 155. The Hall–Kier alpha value is -5.80. The van der Waals surface area contributed by atoms with Crippen LogP contribution in [0.2, 0.25) is 0 Å². The van der Waals surface area contributed by atoms with Crippen molar-refractivity contribution >= 4 is 76.8 Å². The predicted molar refractivity (Wildman–Crippen MR) is 327 cm³/mol. The van der Waals surface area contributed by atoms with E-state index in [9.17, 15) is 63.0 Å². The number of quaternary nitrogens is 1. The second kappa shape index (κ2) is 38.6. The van der Waals surface area contributed by atoms with E-state index in [-0.39, 0.29) is 70.5 Å². The number of rotatable bonds is 39. The van der Waals surface area contributed by atoms with Crippen LogP contribution in [0.1, 0.15) is 140 Å². The summed E-state index contributed by atoms with van der Waals surface area (Å²) in [5.41, 5.74) is 26.6. The van der Waals surface area contributed by atoms with Crippen molar-refractivity contribution in [2.24, 2.45) is 46.6 Å². The first-order chi connectivity index (χ1) is 40.8. The van der Waals surface area contributed by atoms with Gasteiger partial charge in [-0.05, 0) is 120 Å². The van der Waals surface area contributed by atoms with Gasteiger partial charge in [0.25, 0.3) is 5.91 Å². The number of amides is 10. The molecule has 0 aromatic rings. The number of hydrogen-bond donors (Lipinski definition) is 17. The zero-order chi connectivity index (χ0) is 66.0. The summed E-state index contributed by atoms with van der Waals surface area (Å²) in [5.74, 6) is -9.17. The van der Waals surface area contributed by atoms with E-state index < -0.39 is 168 Å². The number of nitrogens with one attached hydrogen (secondary N) is 10. The van der Waals surface area contributed by atoms with Crippen LogP contribution in [-0.4, -0.2) is 208 Å². The lowest BCUT2D eigenvalue weighted by atomic mass is 10.0. The molecule has 0 unspecified atom stereocenters. The maximum absolute atomic E-state index is 14.5. The van der Waals surface area contributed by atoms with Crippen LogP contribution in [0, 0.1) is 23.7 Å². The Kier molecular flexibility index (Phi) is 34.3. The average molecular weight is 1260 g/mol. The number of carboxylic acid groups (broad SMARTS) is 1. The van der Waals surface area contributed by atoms with Crippen molar-refractivity contribution in [2.75, 3.05) is 38.2 Å². The summed E-state index contributed by atoms with van der Waals surface area (Å²) in [6.07, 6.45) is 1.48. The standard InChI is InChI=1S/C56H105N17O13S/c1-12-34(64-49(80)41(30(6)7)69-47(78)38-19-15-24-72(38)52(83)36(17-13-22-62-55(58)59)66-44(75)33(57)27-28(2)3)45(76)65-35(21-26-87-11)46(77)68-40(29(4)5)50(81)67-37(18-14-23-63-56(60)61)53(84)73-25-16-20-39(73)48(79)71-43(32(10)74)51(82)70-42(31(8)9)54(85)86/h28-43,55-56,62-63,74H,12-27,57-61H2,1-11H3,(H,64,80)(H,65,76)(H,66,75)(H,67,81)(H,68,77)(H,69,78)(H,70,82)(H,71,79)(H,85,86)/p+1/t32-,33+,34+,35+,36+,37+,38+,39+,40+,41+,42+,43+/m1/s1. The molecule has 12 atom stereocenters. The number of hydrogen-bond acceptors (Lipinski definition) is 19. The highest BCUT2D eigenvalue weighted by Crippen LogP contribution is 2.23. The van der Waals surface area contributed by atoms with Gasteiger partial charge in [0.2, 0.25) is 53.2 Å². The summed E-state index contributed by atoms with van der Waals surface area (Å²) in [6.45, 7) is 17.6. The van der Waals surface area contributed by atoms with Gasteiger partial charge in [-0.1, -0.05) is 62.3 Å². The summed E-state index contributed by atoms with van der Waals surface area (Å²) >= 11 is 1.39. The fourth-order valence-electron chi connectivity index (χ4n) is 10.3. The number of carboxylic acids is 1. The molecule has 0 aromatic heterocycles. The Morgan fingerprint density at radius 3 is 1.32 bits per heavy atom. The van der Waals surface area contributed by atoms with Gasteiger partial charge in [0, 0.05) is 19.5 Å². The fourth-order valence-corrected chi connectivity index (χ4v) is 10.7. The molecule has 2 rings (SSSR count). The molecule has 10 amide bonds. The van der Waals surface area contributed by atoms with Gasteiger partial charge in [-0.3, -0.25) is 58.6 Å². The third kappa shape index (κ3) is 25.7. The molecule has 87 heavy (non-hydrogen) atoms. The van der Waals surface area contributed by atoms with Crippen molar-refractivity contribution in [3.8, 4) is 0 Å². The molecule has 31 heteroatoms. The van der Waals surface area contributed by atoms with Crippen LogP contribution in [0.15, 0.2) is 0 Å². The maximum Gasteiger partial charge on any atom is 0.326 e. The molecule has 0 aliphatic carbocycles. The third-order valence-corrected chi connectivity index (χ3v) is 15.8. The van der Waals surface area contributed by atoms with Crippen LogP contribution in [0.25, 0.3) is 0 Å². The molecule has 2 fully saturated rings. The zero-order valence-corrected chi connectivity index (χ0v) is 53.7. The second-order valence-electron chi connectivity index (χ2n) is 24.1. The molecule has 23 N–H and O–H groups in total. The van der Waals surface area contributed by atoms with Crippen LogP contribution in [0.3, 0.4) is 0 Å². The monoisotopic (exact) mass is 1260 g/mol. The molecule has 0 spiro atoms. The fraction of sp³-hybridized carbons (Fsp3) is 0.804. The minimum absolute atomic E-state index is 0.0117. The van der Waals surface area contributed by atoms with Gasteiger partial charge >= 0.3 is 5.97 Å². The first-order valence-electron chi connectivity index (χ1n) is 30.5. The van der Waals surface area contributed by atoms with E-state index >= 15 is 0 Å². The Labute approximate surface area is 516 Å². The number of nitrogens with two attached hydrogens (primary N) is 4. The second-order valence-corrected chi connectivity index (χ2v) is 25.1. The topological polar surface area (TPSA) is 487 Å². The number of nitrogens with zero attached hydrogens (tertiary/aromatic N) is 2. The van der Waals surface area contributed by atoms with Gasteiger partial charge in [0.1, 0.15) is 73.0 Å². The van der Waals surface area contributed by atoms with Crippen molar-refractivity contribution in [3.05, 3.63) is 0 Å². The molecule has 2 heterocycles. The third-order valence-electron chi connectivity index (χ3n) is 15.2. The minimum atomic E-state index is -1.58. The number of thioether (sulfide) groups is 1. The molecule has 498 valence electrons. The van der Waals surface area contributed by atoms with Crippen LogP contribution in [0.4, 0.5) is 0 Å². The van der Waals surface area contributed by atoms with E-state index in [0.29, 0.717) is 38.0 Å². The number of aliphatic hydroxyl groups excluding tert-OH is 1. The summed E-state index contributed by atoms with van der Waals surface area (Å²) in [6, 6.07) is -12.8. The Bertz CT molecular complexity index is 2280. The molecule has 0 bridgehead atoms. The van der Waals surface area contributed by atoms with Crippen molar-refractivity contribution in [3.63, 3.8) is 0 Å². The maximum atomic E-state index is 14.5. The van der Waals surface area contributed by atoms with E-state index in [1.165, 1.54) is 28.5 Å². The minimum Gasteiger partial charge on any atom is -0.480 e. The lowest BCUT2D eigenvalue weighted by Gasteiger charge is -2.32. The Morgan fingerprint density at radius 2 is 0.920 bits per heavy atom. The van der Waals surface area contributed by atoms with Crippen molar-refractivity contribution in [1.82, 2.24) is 63.0 Å². The van der Waals surface area contributed by atoms with Gasteiger partial charge in [-0.2, -0.15) is 11.8 Å². The predicted octanol–water partition coefficient (Wildman–Crippen LogP) is -4.76. The quantitative estimate of drug-likeness (QED) is 0.0203. The molecule has 2 aliphatic heterocycles. The highest BCUT2D eigenvalue weighted by atomic mass is 32.2.